The molecular formula is C23H24N4O. The number of fused-ring (bicyclic) bond motifs is 1. The highest BCUT2D eigenvalue weighted by Gasteiger charge is 2.23. The molecule has 4 rings (SSSR count). The van der Waals surface area contributed by atoms with E-state index < -0.39 is 0 Å². The van der Waals surface area contributed by atoms with Crippen molar-refractivity contribution < 1.29 is 4.74 Å². The molecule has 0 spiro atoms. The van der Waals surface area contributed by atoms with Gasteiger partial charge in [0, 0.05) is 42.0 Å². The molecule has 5 nitrogen and oxygen atoms in total. The molecule has 0 radical (unpaired) electrons. The first kappa shape index (κ1) is 18.3. The van der Waals surface area contributed by atoms with Crippen LogP contribution in [0.3, 0.4) is 0 Å². The lowest BCUT2D eigenvalue weighted by atomic mass is 10.1. The standard InChI is InChI=1S/C23H24N4O/c1-16-11-23(27-10-9-19(14-27)25-2)21-8-7-20(12-22(21)26-16)28-15-18-5-3-17(13-24)4-6-18/h3-8,11-12,19,25H,9-10,14-15H2,1-2H3/t19-/m0/s1. The molecule has 1 fully saturated rings. The molecule has 1 aromatic heterocycles. The van der Waals surface area contributed by atoms with Crippen molar-refractivity contribution in [2.45, 2.75) is 26.0 Å². The van der Waals surface area contributed by atoms with Gasteiger partial charge in [0.1, 0.15) is 12.4 Å². The molecule has 1 atom stereocenters. The second-order valence-electron chi connectivity index (χ2n) is 7.28. The minimum atomic E-state index is 0.464. The summed E-state index contributed by atoms with van der Waals surface area (Å²) in [4.78, 5) is 7.17. The molecule has 0 saturated carbocycles. The lowest BCUT2D eigenvalue weighted by Gasteiger charge is -2.21. The minimum Gasteiger partial charge on any atom is -0.489 e. The van der Waals surface area contributed by atoms with Gasteiger partial charge in [-0.1, -0.05) is 12.1 Å². The van der Waals surface area contributed by atoms with Gasteiger partial charge in [-0.2, -0.15) is 5.26 Å². The zero-order chi connectivity index (χ0) is 19.5. The maximum absolute atomic E-state index is 8.89. The third-order valence-electron chi connectivity index (χ3n) is 5.31. The summed E-state index contributed by atoms with van der Waals surface area (Å²) in [6.07, 6.45) is 1.16. The molecule has 28 heavy (non-hydrogen) atoms. The summed E-state index contributed by atoms with van der Waals surface area (Å²) in [7, 11) is 2.03. The van der Waals surface area contributed by atoms with E-state index in [4.69, 9.17) is 15.0 Å². The molecule has 1 saturated heterocycles. The molecule has 2 aromatic carbocycles. The van der Waals surface area contributed by atoms with Crippen LogP contribution >= 0.6 is 0 Å². The Balaban J connectivity index is 1.56. The number of rotatable bonds is 5. The fourth-order valence-corrected chi connectivity index (χ4v) is 3.73. The van der Waals surface area contributed by atoms with E-state index in [0.717, 1.165) is 47.4 Å². The van der Waals surface area contributed by atoms with E-state index in [2.05, 4.69) is 28.4 Å². The zero-order valence-corrected chi connectivity index (χ0v) is 16.3. The summed E-state index contributed by atoms with van der Waals surface area (Å²) in [5.41, 5.74) is 4.91. The van der Waals surface area contributed by atoms with Gasteiger partial charge in [-0.15, -0.1) is 0 Å². The molecule has 1 N–H and O–H groups in total. The number of aromatic nitrogens is 1. The number of ether oxygens (including phenoxy) is 1. The Labute approximate surface area is 165 Å². The fraction of sp³-hybridized carbons (Fsp3) is 0.304. The quantitative estimate of drug-likeness (QED) is 0.738. The third kappa shape index (κ3) is 3.78. The van der Waals surface area contributed by atoms with Crippen LogP contribution in [0.15, 0.2) is 48.5 Å². The van der Waals surface area contributed by atoms with Gasteiger partial charge in [-0.25, -0.2) is 0 Å². The number of likely N-dealkylation sites (N-methyl/N-ethyl adjacent to an activating group) is 1. The van der Waals surface area contributed by atoms with Crippen LogP contribution < -0.4 is 15.0 Å². The van der Waals surface area contributed by atoms with Gasteiger partial charge >= 0.3 is 0 Å². The summed E-state index contributed by atoms with van der Waals surface area (Å²) in [5, 5.41) is 13.4. The van der Waals surface area contributed by atoms with E-state index in [1.165, 1.54) is 5.69 Å². The smallest absolute Gasteiger partial charge is 0.122 e. The molecule has 0 bridgehead atoms. The Bertz CT molecular complexity index is 1020. The van der Waals surface area contributed by atoms with Gasteiger partial charge in [0.25, 0.3) is 0 Å². The first-order valence-electron chi connectivity index (χ1n) is 9.62. The maximum atomic E-state index is 8.89. The SMILES string of the molecule is CN[C@H]1CCN(c2cc(C)nc3cc(OCc4ccc(C#N)cc4)ccc23)C1. The van der Waals surface area contributed by atoms with Gasteiger partial charge in [0.15, 0.2) is 0 Å². The van der Waals surface area contributed by atoms with Crippen LogP contribution in [0.1, 0.15) is 23.2 Å². The van der Waals surface area contributed by atoms with Crippen molar-refractivity contribution in [1.29, 1.82) is 5.26 Å². The van der Waals surface area contributed by atoms with Crippen molar-refractivity contribution in [3.63, 3.8) is 0 Å². The maximum Gasteiger partial charge on any atom is 0.122 e. The zero-order valence-electron chi connectivity index (χ0n) is 16.3. The van der Waals surface area contributed by atoms with Crippen molar-refractivity contribution in [3.8, 4) is 11.8 Å². The van der Waals surface area contributed by atoms with Crippen molar-refractivity contribution in [2.75, 3.05) is 25.0 Å². The van der Waals surface area contributed by atoms with Gasteiger partial charge in [-0.05, 0) is 56.3 Å². The highest BCUT2D eigenvalue weighted by atomic mass is 16.5. The topological polar surface area (TPSA) is 61.2 Å². The Hall–Kier alpha value is -3.10. The van der Waals surface area contributed by atoms with Crippen molar-refractivity contribution in [1.82, 2.24) is 10.3 Å². The molecule has 5 heteroatoms. The van der Waals surface area contributed by atoms with Crippen LogP contribution in [0.25, 0.3) is 10.9 Å². The van der Waals surface area contributed by atoms with E-state index in [-0.39, 0.29) is 0 Å². The molecule has 1 aliphatic rings. The summed E-state index contributed by atoms with van der Waals surface area (Å²) >= 11 is 0. The Kier molecular flexibility index (Phi) is 5.14. The monoisotopic (exact) mass is 372 g/mol. The number of pyridine rings is 1. The summed E-state index contributed by atoms with van der Waals surface area (Å²) < 4.78 is 5.97. The lowest BCUT2D eigenvalue weighted by Crippen LogP contribution is -2.29. The van der Waals surface area contributed by atoms with Crippen molar-refractivity contribution in [2.24, 2.45) is 0 Å². The molecule has 0 amide bonds. The van der Waals surface area contributed by atoms with E-state index >= 15 is 0 Å². The van der Waals surface area contributed by atoms with Gasteiger partial charge in [0.2, 0.25) is 0 Å². The lowest BCUT2D eigenvalue weighted by molar-refractivity contribution is 0.306. The number of nitrogens with zero attached hydrogens (tertiary/aromatic N) is 3. The van der Waals surface area contributed by atoms with Gasteiger partial charge in [-0.3, -0.25) is 4.98 Å². The van der Waals surface area contributed by atoms with E-state index in [9.17, 15) is 0 Å². The minimum absolute atomic E-state index is 0.464. The summed E-state index contributed by atoms with van der Waals surface area (Å²) in [5.74, 6) is 0.801. The molecule has 0 unspecified atom stereocenters. The summed E-state index contributed by atoms with van der Waals surface area (Å²) in [6.45, 7) is 4.58. The van der Waals surface area contributed by atoms with E-state index in [1.54, 1.807) is 0 Å². The van der Waals surface area contributed by atoms with Crippen LogP contribution in [0.2, 0.25) is 0 Å². The Morgan fingerprint density at radius 2 is 2.04 bits per heavy atom. The van der Waals surface area contributed by atoms with Gasteiger partial charge in [0.05, 0.1) is 17.1 Å². The number of aryl methyl sites for hydroxylation is 1. The van der Waals surface area contributed by atoms with Crippen molar-refractivity contribution in [3.05, 3.63) is 65.4 Å². The Morgan fingerprint density at radius 1 is 1.21 bits per heavy atom. The number of hydrogen-bond donors (Lipinski definition) is 1. The van der Waals surface area contributed by atoms with Crippen LogP contribution in [0.5, 0.6) is 5.75 Å². The van der Waals surface area contributed by atoms with Crippen LogP contribution in [-0.4, -0.2) is 31.2 Å². The first-order valence-corrected chi connectivity index (χ1v) is 9.62. The van der Waals surface area contributed by atoms with E-state index in [1.807, 2.05) is 50.4 Å². The number of nitrogens with one attached hydrogen (secondary N) is 1. The normalized spacial score (nSPS) is 16.3. The summed E-state index contributed by atoms with van der Waals surface area (Å²) in [6, 6.07) is 18.5. The molecular weight excluding hydrogens is 348 g/mol. The number of nitriles is 1. The van der Waals surface area contributed by atoms with Crippen LogP contribution in [-0.2, 0) is 6.61 Å². The van der Waals surface area contributed by atoms with E-state index in [0.29, 0.717) is 18.2 Å². The van der Waals surface area contributed by atoms with Crippen molar-refractivity contribution >= 4 is 16.6 Å². The average molecular weight is 372 g/mol. The highest BCUT2D eigenvalue weighted by molar-refractivity contribution is 5.93. The van der Waals surface area contributed by atoms with Gasteiger partial charge < -0.3 is 15.0 Å². The predicted molar refractivity (Wildman–Crippen MR) is 112 cm³/mol. The molecule has 0 aliphatic carbocycles. The molecule has 3 aromatic rings. The van der Waals surface area contributed by atoms with Crippen LogP contribution in [0.4, 0.5) is 5.69 Å². The number of anilines is 1. The highest BCUT2D eigenvalue weighted by Crippen LogP contribution is 2.31. The molecule has 2 heterocycles. The second kappa shape index (κ2) is 7.87. The molecule has 1 aliphatic heterocycles. The second-order valence-corrected chi connectivity index (χ2v) is 7.28. The predicted octanol–water partition coefficient (Wildman–Crippen LogP) is 3.79. The molecule has 142 valence electrons. The number of benzene rings is 2. The largest absolute Gasteiger partial charge is 0.489 e. The first-order chi connectivity index (χ1) is 13.7. The fourth-order valence-electron chi connectivity index (χ4n) is 3.73. The average Bonchev–Trinajstić information content (AvgIpc) is 3.21. The third-order valence-corrected chi connectivity index (χ3v) is 5.31. The number of hydrogen-bond acceptors (Lipinski definition) is 5. The Morgan fingerprint density at radius 3 is 2.75 bits per heavy atom. The van der Waals surface area contributed by atoms with Crippen LogP contribution in [0, 0.1) is 18.3 Å².